The normalized spacial score (nSPS) is 18.8. The predicted octanol–water partition coefficient (Wildman–Crippen LogP) is 2.51. The number of anilines is 1. The van der Waals surface area contributed by atoms with Crippen molar-refractivity contribution in [3.8, 4) is 0 Å². The van der Waals surface area contributed by atoms with Gasteiger partial charge in [-0.2, -0.15) is 0 Å². The van der Waals surface area contributed by atoms with E-state index < -0.39 is 10.8 Å². The fourth-order valence-corrected chi connectivity index (χ4v) is 3.59. The summed E-state index contributed by atoms with van der Waals surface area (Å²) in [5.74, 6) is 1.31. The number of nitrogens with zero attached hydrogens (tertiary/aromatic N) is 2. The quantitative estimate of drug-likeness (QED) is 0.354. The van der Waals surface area contributed by atoms with Crippen molar-refractivity contribution < 1.29 is 9.00 Å². The fraction of sp³-hybridized carbons (Fsp3) is 0.579. The Bertz CT molecular complexity index is 661. The average molecular weight is 506 g/mol. The summed E-state index contributed by atoms with van der Waals surface area (Å²) in [5, 5.41) is 6.54. The van der Waals surface area contributed by atoms with Crippen LogP contribution in [0.4, 0.5) is 5.69 Å². The first-order valence-electron chi connectivity index (χ1n) is 9.10. The molecule has 0 spiro atoms. The van der Waals surface area contributed by atoms with Crippen molar-refractivity contribution in [2.75, 3.05) is 30.3 Å². The third-order valence-electron chi connectivity index (χ3n) is 4.11. The molecular formula is C19H31IN4O2S. The first-order valence-corrected chi connectivity index (χ1v) is 10.4. The fourth-order valence-electron chi connectivity index (χ4n) is 2.72. The zero-order valence-electron chi connectivity index (χ0n) is 16.5. The van der Waals surface area contributed by atoms with Gasteiger partial charge in [-0.15, -0.1) is 24.0 Å². The van der Waals surface area contributed by atoms with Crippen LogP contribution in [0.25, 0.3) is 0 Å². The van der Waals surface area contributed by atoms with Crippen LogP contribution in [-0.4, -0.2) is 52.3 Å². The van der Waals surface area contributed by atoms with Gasteiger partial charge in [0.15, 0.2) is 5.96 Å². The summed E-state index contributed by atoms with van der Waals surface area (Å²) in [6, 6.07) is 9.71. The highest BCUT2D eigenvalue weighted by Crippen LogP contribution is 2.20. The molecule has 1 aromatic rings. The number of carbonyl (C=O) groups is 1. The van der Waals surface area contributed by atoms with Gasteiger partial charge >= 0.3 is 0 Å². The maximum atomic E-state index is 12.3. The van der Waals surface area contributed by atoms with Crippen LogP contribution >= 0.6 is 24.0 Å². The molecule has 0 bridgehead atoms. The summed E-state index contributed by atoms with van der Waals surface area (Å²) in [6.07, 6.45) is 0.438. The highest BCUT2D eigenvalue weighted by molar-refractivity contribution is 14.0. The smallest absolute Gasteiger partial charge is 0.229 e. The van der Waals surface area contributed by atoms with Crippen LogP contribution in [0.1, 0.15) is 34.1 Å². The minimum atomic E-state index is -0.923. The molecule has 152 valence electrons. The van der Waals surface area contributed by atoms with Crippen molar-refractivity contribution in [3.05, 3.63) is 30.3 Å². The third kappa shape index (κ3) is 7.40. The van der Waals surface area contributed by atoms with Crippen LogP contribution in [0.5, 0.6) is 0 Å². The van der Waals surface area contributed by atoms with E-state index in [4.69, 9.17) is 0 Å². The number of halogens is 1. The zero-order valence-corrected chi connectivity index (χ0v) is 19.7. The molecule has 2 N–H and O–H groups in total. The molecule has 0 aromatic heterocycles. The van der Waals surface area contributed by atoms with Crippen LogP contribution in [0.15, 0.2) is 35.3 Å². The lowest BCUT2D eigenvalue weighted by Gasteiger charge is -2.19. The molecule has 0 radical (unpaired) electrons. The molecule has 2 unspecified atom stereocenters. The number of nitrogens with one attached hydrogen (secondary N) is 2. The third-order valence-corrected chi connectivity index (χ3v) is 6.03. The van der Waals surface area contributed by atoms with Gasteiger partial charge in [-0.1, -0.05) is 18.2 Å². The van der Waals surface area contributed by atoms with Crippen LogP contribution in [0.2, 0.25) is 0 Å². The summed E-state index contributed by atoms with van der Waals surface area (Å²) >= 11 is 0. The Morgan fingerprint density at radius 3 is 2.56 bits per heavy atom. The van der Waals surface area contributed by atoms with Gasteiger partial charge in [0.1, 0.15) is 0 Å². The Morgan fingerprint density at radius 2 is 1.96 bits per heavy atom. The molecule has 2 atom stereocenters. The van der Waals surface area contributed by atoms with E-state index in [0.717, 1.165) is 12.2 Å². The largest absolute Gasteiger partial charge is 0.357 e. The lowest BCUT2D eigenvalue weighted by Crippen LogP contribution is -2.44. The minimum absolute atomic E-state index is 0. The molecule has 1 fully saturated rings. The maximum absolute atomic E-state index is 12.3. The molecule has 8 heteroatoms. The van der Waals surface area contributed by atoms with E-state index in [9.17, 15) is 9.00 Å². The molecule has 1 aliphatic heterocycles. The first kappa shape index (κ1) is 23.9. The van der Waals surface area contributed by atoms with Gasteiger partial charge in [-0.05, 0) is 39.8 Å². The Labute approximate surface area is 182 Å². The second-order valence-electron chi connectivity index (χ2n) is 7.31. The minimum Gasteiger partial charge on any atom is -0.357 e. The summed E-state index contributed by atoms with van der Waals surface area (Å²) in [7, 11) is -0.923. The van der Waals surface area contributed by atoms with E-state index >= 15 is 0 Å². The highest BCUT2D eigenvalue weighted by atomic mass is 127. The van der Waals surface area contributed by atoms with Gasteiger partial charge in [-0.25, -0.2) is 0 Å². The molecular weight excluding hydrogens is 475 g/mol. The average Bonchev–Trinajstić information content (AvgIpc) is 2.95. The number of aliphatic imine (C=N–C) groups is 1. The predicted molar refractivity (Wildman–Crippen MR) is 124 cm³/mol. The second kappa shape index (κ2) is 11.0. The topological polar surface area (TPSA) is 73.8 Å². The molecule has 1 amide bonds. The van der Waals surface area contributed by atoms with Crippen molar-refractivity contribution >= 4 is 52.3 Å². The molecule has 1 heterocycles. The van der Waals surface area contributed by atoms with Gasteiger partial charge in [0.05, 0.1) is 12.6 Å². The number of para-hydroxylation sites is 1. The number of benzene rings is 1. The Morgan fingerprint density at radius 1 is 1.30 bits per heavy atom. The number of rotatable bonds is 6. The van der Waals surface area contributed by atoms with Crippen LogP contribution in [0.3, 0.4) is 0 Å². The molecule has 0 aliphatic carbocycles. The lowest BCUT2D eigenvalue weighted by molar-refractivity contribution is -0.117. The monoisotopic (exact) mass is 506 g/mol. The van der Waals surface area contributed by atoms with Crippen molar-refractivity contribution in [1.82, 2.24) is 10.6 Å². The van der Waals surface area contributed by atoms with Crippen LogP contribution in [-0.2, 0) is 15.6 Å². The van der Waals surface area contributed by atoms with E-state index in [1.165, 1.54) is 0 Å². The standard InChI is InChI=1S/C19H30N4O2S.HI/c1-5-20-18(21-11-12-26(25)19(2,3)4)22-15-13-17(24)23(14-15)16-9-7-6-8-10-16;/h6-10,15H,5,11-14H2,1-4H3,(H2,20,21,22);1H. The molecule has 27 heavy (non-hydrogen) atoms. The van der Waals surface area contributed by atoms with Gasteiger partial charge in [0, 0.05) is 46.5 Å². The van der Waals surface area contributed by atoms with Crippen LogP contribution in [0, 0.1) is 0 Å². The molecule has 1 aromatic carbocycles. The van der Waals surface area contributed by atoms with Gasteiger partial charge in [0.2, 0.25) is 5.91 Å². The molecule has 6 nitrogen and oxygen atoms in total. The maximum Gasteiger partial charge on any atom is 0.229 e. The van der Waals surface area contributed by atoms with Gasteiger partial charge in [-0.3, -0.25) is 14.0 Å². The number of amides is 1. The number of guanidine groups is 1. The molecule has 1 saturated heterocycles. The van der Waals surface area contributed by atoms with E-state index in [1.54, 1.807) is 4.90 Å². The Balaban J connectivity index is 0.00000364. The Kier molecular flexibility index (Phi) is 9.72. The summed E-state index contributed by atoms with van der Waals surface area (Å²) in [6.45, 7) is 9.75. The van der Waals surface area contributed by atoms with E-state index in [0.29, 0.717) is 31.2 Å². The summed E-state index contributed by atoms with van der Waals surface area (Å²) in [4.78, 5) is 18.6. The van der Waals surface area contributed by atoms with Crippen molar-refractivity contribution in [1.29, 1.82) is 0 Å². The van der Waals surface area contributed by atoms with Gasteiger partial charge < -0.3 is 15.5 Å². The second-order valence-corrected chi connectivity index (χ2v) is 9.63. The van der Waals surface area contributed by atoms with Crippen molar-refractivity contribution in [2.24, 2.45) is 4.99 Å². The summed E-state index contributed by atoms with van der Waals surface area (Å²) < 4.78 is 11.9. The Hall–Kier alpha value is -1.16. The number of hydrogen-bond acceptors (Lipinski definition) is 3. The van der Waals surface area contributed by atoms with E-state index in [1.807, 2.05) is 58.0 Å². The molecule has 2 rings (SSSR count). The lowest BCUT2D eigenvalue weighted by atomic mass is 10.2. The zero-order chi connectivity index (χ0) is 19.2. The summed E-state index contributed by atoms with van der Waals surface area (Å²) in [5.41, 5.74) is 0.921. The van der Waals surface area contributed by atoms with Crippen LogP contribution < -0.4 is 15.5 Å². The van der Waals surface area contributed by atoms with E-state index in [2.05, 4.69) is 15.6 Å². The highest BCUT2D eigenvalue weighted by Gasteiger charge is 2.31. The van der Waals surface area contributed by atoms with Crippen molar-refractivity contribution in [3.63, 3.8) is 0 Å². The van der Waals surface area contributed by atoms with Crippen molar-refractivity contribution in [2.45, 2.75) is 44.9 Å². The number of carbonyl (C=O) groups excluding carboxylic acids is 1. The molecule has 1 aliphatic rings. The SMILES string of the molecule is CCNC(=NCCS(=O)C(C)(C)C)NC1CC(=O)N(c2ccccc2)C1.I. The molecule has 0 saturated carbocycles. The van der Waals surface area contributed by atoms with E-state index in [-0.39, 0.29) is 40.7 Å². The number of hydrogen-bond donors (Lipinski definition) is 2. The first-order chi connectivity index (χ1) is 12.3. The van der Waals surface area contributed by atoms with Gasteiger partial charge in [0.25, 0.3) is 0 Å².